The maximum atomic E-state index is 10.1. The lowest BCUT2D eigenvalue weighted by Crippen LogP contribution is -2.50. The van der Waals surface area contributed by atoms with Crippen molar-refractivity contribution in [1.29, 1.82) is 0 Å². The zero-order chi connectivity index (χ0) is 9.19. The highest BCUT2D eigenvalue weighted by molar-refractivity contribution is 4.86. The zero-order valence-electron chi connectivity index (χ0n) is 8.51. The summed E-state index contributed by atoms with van der Waals surface area (Å²) in [6.45, 7) is 8.48. The fourth-order valence-electron chi connectivity index (χ4n) is 1.88. The molecule has 0 aliphatic carbocycles. The molecular formula is C10H21NO. The summed E-state index contributed by atoms with van der Waals surface area (Å²) < 4.78 is 0. The van der Waals surface area contributed by atoms with E-state index in [-0.39, 0.29) is 0 Å². The summed E-state index contributed by atoms with van der Waals surface area (Å²) in [5.74, 6) is 0. The SMILES string of the molecule is CCC1(O)CCCN(C(C)C)C1. The first-order chi connectivity index (χ1) is 5.57. The van der Waals surface area contributed by atoms with Gasteiger partial charge in [0.2, 0.25) is 0 Å². The van der Waals surface area contributed by atoms with Crippen LogP contribution in [0.1, 0.15) is 40.0 Å². The van der Waals surface area contributed by atoms with Crippen molar-refractivity contribution in [3.05, 3.63) is 0 Å². The van der Waals surface area contributed by atoms with Crippen molar-refractivity contribution in [3.8, 4) is 0 Å². The lowest BCUT2D eigenvalue weighted by molar-refractivity contribution is -0.0420. The van der Waals surface area contributed by atoms with Crippen molar-refractivity contribution in [1.82, 2.24) is 4.90 Å². The molecular weight excluding hydrogens is 150 g/mol. The van der Waals surface area contributed by atoms with Crippen LogP contribution in [0.2, 0.25) is 0 Å². The van der Waals surface area contributed by atoms with Gasteiger partial charge in [-0.2, -0.15) is 0 Å². The zero-order valence-corrected chi connectivity index (χ0v) is 8.51. The number of likely N-dealkylation sites (tertiary alicyclic amines) is 1. The molecule has 0 bridgehead atoms. The molecule has 0 spiro atoms. The van der Waals surface area contributed by atoms with Crippen LogP contribution in [0.4, 0.5) is 0 Å². The number of aliphatic hydroxyl groups is 1. The normalized spacial score (nSPS) is 32.8. The smallest absolute Gasteiger partial charge is 0.0772 e. The van der Waals surface area contributed by atoms with Gasteiger partial charge in [-0.15, -0.1) is 0 Å². The molecule has 1 N–H and O–H groups in total. The molecule has 0 saturated carbocycles. The Bertz CT molecular complexity index is 147. The maximum Gasteiger partial charge on any atom is 0.0772 e. The van der Waals surface area contributed by atoms with Crippen molar-refractivity contribution in [2.75, 3.05) is 13.1 Å². The predicted molar refractivity (Wildman–Crippen MR) is 51.2 cm³/mol. The first-order valence-electron chi connectivity index (χ1n) is 5.04. The van der Waals surface area contributed by atoms with Crippen LogP contribution in [0, 0.1) is 0 Å². The van der Waals surface area contributed by atoms with Crippen molar-refractivity contribution < 1.29 is 5.11 Å². The second-order valence-electron chi connectivity index (χ2n) is 4.25. The average molecular weight is 171 g/mol. The van der Waals surface area contributed by atoms with E-state index in [1.807, 2.05) is 0 Å². The van der Waals surface area contributed by atoms with Crippen LogP contribution in [0.15, 0.2) is 0 Å². The van der Waals surface area contributed by atoms with Crippen molar-refractivity contribution >= 4 is 0 Å². The fourth-order valence-corrected chi connectivity index (χ4v) is 1.88. The molecule has 1 fully saturated rings. The second kappa shape index (κ2) is 3.75. The quantitative estimate of drug-likeness (QED) is 0.682. The van der Waals surface area contributed by atoms with Gasteiger partial charge in [0.1, 0.15) is 0 Å². The van der Waals surface area contributed by atoms with E-state index in [4.69, 9.17) is 0 Å². The molecule has 2 heteroatoms. The summed E-state index contributed by atoms with van der Waals surface area (Å²) in [6.07, 6.45) is 3.01. The van der Waals surface area contributed by atoms with Gasteiger partial charge in [0.05, 0.1) is 5.60 Å². The topological polar surface area (TPSA) is 23.5 Å². The highest BCUT2D eigenvalue weighted by Gasteiger charge is 2.31. The number of β-amino-alcohol motifs (C(OH)–C–C–N with tert-alkyl or cyclic N) is 1. The predicted octanol–water partition coefficient (Wildman–Crippen LogP) is 1.63. The van der Waals surface area contributed by atoms with Crippen LogP contribution in [0.25, 0.3) is 0 Å². The van der Waals surface area contributed by atoms with E-state index >= 15 is 0 Å². The Labute approximate surface area is 75.6 Å². The number of hydrogen-bond donors (Lipinski definition) is 1. The van der Waals surface area contributed by atoms with E-state index < -0.39 is 5.60 Å². The van der Waals surface area contributed by atoms with E-state index in [2.05, 4.69) is 25.7 Å². The van der Waals surface area contributed by atoms with E-state index in [9.17, 15) is 5.11 Å². The molecule has 72 valence electrons. The Morgan fingerprint density at radius 3 is 2.67 bits per heavy atom. The Hall–Kier alpha value is -0.0800. The van der Waals surface area contributed by atoms with Gasteiger partial charge in [0, 0.05) is 12.6 Å². The molecule has 0 amide bonds. The number of rotatable bonds is 2. The minimum absolute atomic E-state index is 0.400. The minimum Gasteiger partial charge on any atom is -0.389 e. The van der Waals surface area contributed by atoms with Crippen LogP contribution in [0.5, 0.6) is 0 Å². The fraction of sp³-hybridized carbons (Fsp3) is 1.00. The van der Waals surface area contributed by atoms with E-state index in [1.165, 1.54) is 0 Å². The molecule has 0 aromatic carbocycles. The van der Waals surface area contributed by atoms with E-state index in [0.717, 1.165) is 32.4 Å². The molecule has 1 saturated heterocycles. The first-order valence-corrected chi connectivity index (χ1v) is 5.04. The lowest BCUT2D eigenvalue weighted by Gasteiger charge is -2.40. The van der Waals surface area contributed by atoms with E-state index in [0.29, 0.717) is 6.04 Å². The Morgan fingerprint density at radius 2 is 2.17 bits per heavy atom. The number of hydrogen-bond acceptors (Lipinski definition) is 2. The molecule has 2 nitrogen and oxygen atoms in total. The van der Waals surface area contributed by atoms with Gasteiger partial charge in [0.25, 0.3) is 0 Å². The van der Waals surface area contributed by atoms with E-state index in [1.54, 1.807) is 0 Å². The molecule has 1 heterocycles. The molecule has 0 radical (unpaired) electrons. The van der Waals surface area contributed by atoms with Gasteiger partial charge in [-0.1, -0.05) is 6.92 Å². The first kappa shape index (κ1) is 10.0. The standard InChI is InChI=1S/C10H21NO/c1-4-10(12)6-5-7-11(8-10)9(2)3/h9,12H,4-8H2,1-3H3. The van der Waals surface area contributed by atoms with Gasteiger partial charge in [-0.3, -0.25) is 4.90 Å². The van der Waals surface area contributed by atoms with Crippen molar-refractivity contribution in [2.45, 2.75) is 51.7 Å². The highest BCUT2D eigenvalue weighted by atomic mass is 16.3. The molecule has 1 rings (SSSR count). The molecule has 1 aliphatic heterocycles. The summed E-state index contributed by atoms with van der Waals surface area (Å²) in [6, 6.07) is 0.573. The number of piperidine rings is 1. The average Bonchev–Trinajstić information content (AvgIpc) is 2.05. The summed E-state index contributed by atoms with van der Waals surface area (Å²) in [5, 5.41) is 10.1. The third kappa shape index (κ3) is 2.20. The molecule has 0 aromatic rings. The Balaban J connectivity index is 2.51. The summed E-state index contributed by atoms with van der Waals surface area (Å²) in [5.41, 5.74) is -0.400. The van der Waals surface area contributed by atoms with Crippen LogP contribution < -0.4 is 0 Å². The van der Waals surface area contributed by atoms with Gasteiger partial charge >= 0.3 is 0 Å². The van der Waals surface area contributed by atoms with Crippen LogP contribution >= 0.6 is 0 Å². The molecule has 1 atom stereocenters. The maximum absolute atomic E-state index is 10.1. The largest absolute Gasteiger partial charge is 0.389 e. The molecule has 1 aliphatic rings. The van der Waals surface area contributed by atoms with Crippen LogP contribution in [-0.2, 0) is 0 Å². The van der Waals surface area contributed by atoms with Crippen molar-refractivity contribution in [3.63, 3.8) is 0 Å². The summed E-state index contributed by atoms with van der Waals surface area (Å²) >= 11 is 0. The molecule has 1 unspecified atom stereocenters. The molecule has 12 heavy (non-hydrogen) atoms. The lowest BCUT2D eigenvalue weighted by atomic mass is 9.90. The number of nitrogens with zero attached hydrogens (tertiary/aromatic N) is 1. The third-order valence-electron chi connectivity index (χ3n) is 2.97. The Morgan fingerprint density at radius 1 is 1.50 bits per heavy atom. The second-order valence-corrected chi connectivity index (χ2v) is 4.25. The highest BCUT2D eigenvalue weighted by Crippen LogP contribution is 2.24. The Kier molecular flexibility index (Phi) is 3.13. The summed E-state index contributed by atoms with van der Waals surface area (Å²) in [4.78, 5) is 2.37. The third-order valence-corrected chi connectivity index (χ3v) is 2.97. The van der Waals surface area contributed by atoms with Crippen LogP contribution in [0.3, 0.4) is 0 Å². The molecule has 0 aromatic heterocycles. The van der Waals surface area contributed by atoms with Gasteiger partial charge < -0.3 is 5.11 Å². The van der Waals surface area contributed by atoms with Gasteiger partial charge in [-0.05, 0) is 39.7 Å². The monoisotopic (exact) mass is 171 g/mol. The van der Waals surface area contributed by atoms with Crippen LogP contribution in [-0.4, -0.2) is 34.7 Å². The van der Waals surface area contributed by atoms with Gasteiger partial charge in [-0.25, -0.2) is 0 Å². The van der Waals surface area contributed by atoms with Crippen molar-refractivity contribution in [2.24, 2.45) is 0 Å². The van der Waals surface area contributed by atoms with Gasteiger partial charge in [0.15, 0.2) is 0 Å². The minimum atomic E-state index is -0.400. The summed E-state index contributed by atoms with van der Waals surface area (Å²) in [7, 11) is 0.